The summed E-state index contributed by atoms with van der Waals surface area (Å²) >= 11 is 1.47. The van der Waals surface area contributed by atoms with Crippen molar-refractivity contribution in [2.75, 3.05) is 37.5 Å². The highest BCUT2D eigenvalue weighted by atomic mass is 35.5. The summed E-state index contributed by atoms with van der Waals surface area (Å²) in [5.74, 6) is 2.79. The second-order valence-corrected chi connectivity index (χ2v) is 6.74. The van der Waals surface area contributed by atoms with Crippen LogP contribution in [-0.4, -0.2) is 53.3 Å². The molecule has 0 bridgehead atoms. The number of pyridine rings is 1. The highest BCUT2D eigenvalue weighted by Crippen LogP contribution is 2.31. The molecule has 1 saturated heterocycles. The number of anilines is 3. The summed E-state index contributed by atoms with van der Waals surface area (Å²) in [6.45, 7) is 1.60. The van der Waals surface area contributed by atoms with E-state index >= 15 is 0 Å². The molecule has 1 atom stereocenters. The molecule has 3 aromatic rings. The number of hydrogen-bond acceptors (Lipinski definition) is 10. The molecule has 3 N–H and O–H groups in total. The van der Waals surface area contributed by atoms with Crippen molar-refractivity contribution < 1.29 is 9.47 Å². The number of nitrogens with one attached hydrogen (secondary N) is 1. The third-order valence-corrected chi connectivity index (χ3v) is 4.90. The fourth-order valence-corrected chi connectivity index (χ4v) is 3.52. The van der Waals surface area contributed by atoms with Crippen molar-refractivity contribution in [3.63, 3.8) is 0 Å². The maximum atomic E-state index is 6.02. The third kappa shape index (κ3) is 3.82. The van der Waals surface area contributed by atoms with Gasteiger partial charge < -0.3 is 25.4 Å². The van der Waals surface area contributed by atoms with Crippen LogP contribution in [0.5, 0.6) is 11.6 Å². The van der Waals surface area contributed by atoms with Crippen molar-refractivity contribution in [3.05, 3.63) is 17.6 Å². The molecule has 1 aliphatic rings. The Kier molecular flexibility index (Phi) is 5.78. The van der Waals surface area contributed by atoms with E-state index in [1.807, 2.05) is 0 Å². The molecule has 3 aromatic heterocycles. The molecule has 4 heterocycles. The first-order valence-corrected chi connectivity index (χ1v) is 9.03. The molecule has 4 rings (SSSR count). The molecule has 11 heteroatoms. The molecular formula is C16H20ClN7O2S. The summed E-state index contributed by atoms with van der Waals surface area (Å²) in [6.07, 6.45) is 0.935. The Morgan fingerprint density at radius 1 is 1.22 bits per heavy atom. The SMILES string of the molecule is COc1ccc(Nc2nc(N3CCC(N)C3)nc3scnc23)nc1OC.Cl. The number of rotatable bonds is 5. The minimum absolute atomic E-state index is 0. The third-order valence-electron chi connectivity index (χ3n) is 4.18. The Labute approximate surface area is 166 Å². The zero-order valence-corrected chi connectivity index (χ0v) is 16.5. The van der Waals surface area contributed by atoms with E-state index < -0.39 is 0 Å². The van der Waals surface area contributed by atoms with E-state index in [1.165, 1.54) is 11.3 Å². The number of nitrogens with two attached hydrogens (primary N) is 1. The van der Waals surface area contributed by atoms with Crippen LogP contribution in [0.15, 0.2) is 17.6 Å². The lowest BCUT2D eigenvalue weighted by Gasteiger charge is -2.17. The fourth-order valence-electron chi connectivity index (χ4n) is 2.87. The molecule has 0 radical (unpaired) electrons. The normalized spacial score (nSPS) is 16.3. The Hall–Kier alpha value is -2.43. The second-order valence-electron chi connectivity index (χ2n) is 5.91. The first-order chi connectivity index (χ1) is 12.7. The summed E-state index contributed by atoms with van der Waals surface area (Å²) in [7, 11) is 3.12. The van der Waals surface area contributed by atoms with Crippen molar-refractivity contribution >= 4 is 51.7 Å². The average molecular weight is 410 g/mol. The molecule has 27 heavy (non-hydrogen) atoms. The highest BCUT2D eigenvalue weighted by Gasteiger charge is 2.23. The lowest BCUT2D eigenvalue weighted by Crippen LogP contribution is -2.27. The van der Waals surface area contributed by atoms with Gasteiger partial charge in [0.1, 0.15) is 11.3 Å². The van der Waals surface area contributed by atoms with Crippen LogP contribution in [0.2, 0.25) is 0 Å². The van der Waals surface area contributed by atoms with Gasteiger partial charge in [-0.05, 0) is 18.6 Å². The monoisotopic (exact) mass is 409 g/mol. The number of fused-ring (bicyclic) bond motifs is 1. The molecule has 1 fully saturated rings. The summed E-state index contributed by atoms with van der Waals surface area (Å²) in [5, 5.41) is 3.22. The van der Waals surface area contributed by atoms with Crippen LogP contribution in [-0.2, 0) is 0 Å². The van der Waals surface area contributed by atoms with Crippen LogP contribution in [0, 0.1) is 0 Å². The van der Waals surface area contributed by atoms with Crippen molar-refractivity contribution in [1.29, 1.82) is 0 Å². The molecule has 1 unspecified atom stereocenters. The highest BCUT2D eigenvalue weighted by molar-refractivity contribution is 7.16. The maximum absolute atomic E-state index is 6.02. The topological polar surface area (TPSA) is 111 Å². The fraction of sp³-hybridized carbons (Fsp3) is 0.375. The predicted molar refractivity (Wildman–Crippen MR) is 108 cm³/mol. The van der Waals surface area contributed by atoms with E-state index in [0.29, 0.717) is 34.7 Å². The first kappa shape index (κ1) is 19.3. The van der Waals surface area contributed by atoms with Crippen LogP contribution in [0.1, 0.15) is 6.42 Å². The molecule has 0 amide bonds. The van der Waals surface area contributed by atoms with Crippen LogP contribution in [0.4, 0.5) is 17.6 Å². The molecule has 1 aliphatic heterocycles. The van der Waals surface area contributed by atoms with E-state index in [9.17, 15) is 0 Å². The first-order valence-electron chi connectivity index (χ1n) is 8.15. The summed E-state index contributed by atoms with van der Waals surface area (Å²) in [6, 6.07) is 3.74. The van der Waals surface area contributed by atoms with Crippen LogP contribution < -0.4 is 25.4 Å². The van der Waals surface area contributed by atoms with Gasteiger partial charge in [0.25, 0.3) is 5.88 Å². The molecule has 0 aromatic carbocycles. The quantitative estimate of drug-likeness (QED) is 0.654. The van der Waals surface area contributed by atoms with E-state index in [1.54, 1.807) is 31.9 Å². The average Bonchev–Trinajstić information content (AvgIpc) is 3.30. The number of ether oxygens (including phenoxy) is 2. The Balaban J connectivity index is 0.00000210. The molecule has 0 aliphatic carbocycles. The predicted octanol–water partition coefficient (Wildman–Crippen LogP) is 2.20. The van der Waals surface area contributed by atoms with Gasteiger partial charge in [-0.2, -0.15) is 15.0 Å². The van der Waals surface area contributed by atoms with Crippen LogP contribution in [0.25, 0.3) is 10.3 Å². The van der Waals surface area contributed by atoms with Gasteiger partial charge in [0, 0.05) is 19.1 Å². The molecule has 0 saturated carbocycles. The Bertz CT molecular complexity index is 938. The molecule has 144 valence electrons. The van der Waals surface area contributed by atoms with Gasteiger partial charge in [-0.1, -0.05) is 0 Å². The number of thiazole rings is 1. The number of aromatic nitrogens is 4. The zero-order valence-electron chi connectivity index (χ0n) is 14.9. The standard InChI is InChI=1S/C16H19N7O2S.ClH/c1-24-10-3-4-11(20-14(10)25-2)19-13-12-15(26-8-18-12)22-16(21-13)23-6-5-9(17)7-23;/h3-4,8-9H,5-7,17H2,1-2H3,(H,19,20,21,22);1H. The summed E-state index contributed by atoms with van der Waals surface area (Å²) in [5.41, 5.74) is 8.48. The van der Waals surface area contributed by atoms with Gasteiger partial charge in [-0.3, -0.25) is 0 Å². The van der Waals surface area contributed by atoms with E-state index in [-0.39, 0.29) is 18.4 Å². The number of nitrogens with zero attached hydrogens (tertiary/aromatic N) is 5. The lowest BCUT2D eigenvalue weighted by molar-refractivity contribution is 0.343. The van der Waals surface area contributed by atoms with Crippen molar-refractivity contribution in [2.24, 2.45) is 5.73 Å². The summed E-state index contributed by atoms with van der Waals surface area (Å²) in [4.78, 5) is 21.0. The molecular weight excluding hydrogens is 390 g/mol. The van der Waals surface area contributed by atoms with Gasteiger partial charge in [0.05, 0.1) is 19.7 Å². The van der Waals surface area contributed by atoms with Crippen molar-refractivity contribution in [2.45, 2.75) is 12.5 Å². The van der Waals surface area contributed by atoms with Gasteiger partial charge in [-0.25, -0.2) is 4.98 Å². The number of halogens is 1. The van der Waals surface area contributed by atoms with Crippen molar-refractivity contribution in [3.8, 4) is 11.6 Å². The molecule has 0 spiro atoms. The smallest absolute Gasteiger partial charge is 0.258 e. The van der Waals surface area contributed by atoms with Gasteiger partial charge in [-0.15, -0.1) is 23.7 Å². The van der Waals surface area contributed by atoms with Gasteiger partial charge >= 0.3 is 0 Å². The van der Waals surface area contributed by atoms with Gasteiger partial charge in [0.2, 0.25) is 5.95 Å². The second kappa shape index (κ2) is 8.07. The van der Waals surface area contributed by atoms with E-state index in [2.05, 4.69) is 30.2 Å². The summed E-state index contributed by atoms with van der Waals surface area (Å²) < 4.78 is 10.5. The van der Waals surface area contributed by atoms with E-state index in [4.69, 9.17) is 15.2 Å². The largest absolute Gasteiger partial charge is 0.491 e. The Morgan fingerprint density at radius 2 is 2.07 bits per heavy atom. The van der Waals surface area contributed by atoms with Crippen LogP contribution in [0.3, 0.4) is 0 Å². The minimum atomic E-state index is 0. The minimum Gasteiger partial charge on any atom is -0.491 e. The number of hydrogen-bond donors (Lipinski definition) is 2. The zero-order chi connectivity index (χ0) is 18.1. The van der Waals surface area contributed by atoms with Crippen molar-refractivity contribution in [1.82, 2.24) is 19.9 Å². The number of methoxy groups -OCH3 is 2. The Morgan fingerprint density at radius 3 is 2.78 bits per heavy atom. The van der Waals surface area contributed by atoms with Crippen LogP contribution >= 0.6 is 23.7 Å². The lowest BCUT2D eigenvalue weighted by atomic mass is 10.3. The van der Waals surface area contributed by atoms with E-state index in [0.717, 1.165) is 24.3 Å². The van der Waals surface area contributed by atoms with Gasteiger partial charge in [0.15, 0.2) is 16.4 Å². The molecule has 9 nitrogen and oxygen atoms in total. The maximum Gasteiger partial charge on any atom is 0.258 e.